The quantitative estimate of drug-likeness (QED) is 0.354. The molecule has 1 saturated heterocycles. The molecule has 0 aliphatic carbocycles. The summed E-state index contributed by atoms with van der Waals surface area (Å²) in [4.78, 5) is 26.1. The van der Waals surface area contributed by atoms with Crippen molar-refractivity contribution >= 4 is 28.6 Å². The predicted molar refractivity (Wildman–Crippen MR) is 113 cm³/mol. The molecule has 3 N–H and O–H groups in total. The standard InChI is InChI=1S/C22H16F4N6O/c1-31-17(13-4-10(23)5-16(25)19(13)26)8-32(22(31)33)11-2-3-12(15(24)6-11)14-7-28-21-18(14)20(27)29-9-30-21/h2-7,9,17H,8H2,1H3,(H3,27,28,29,30). The van der Waals surface area contributed by atoms with Crippen LogP contribution in [0.4, 0.5) is 33.9 Å². The van der Waals surface area contributed by atoms with Crippen molar-refractivity contribution in [2.45, 2.75) is 6.04 Å². The van der Waals surface area contributed by atoms with Gasteiger partial charge in [0.2, 0.25) is 0 Å². The lowest BCUT2D eigenvalue weighted by molar-refractivity contribution is 0.218. The number of nitrogens with one attached hydrogen (secondary N) is 1. The highest BCUT2D eigenvalue weighted by Gasteiger charge is 2.38. The monoisotopic (exact) mass is 456 g/mol. The van der Waals surface area contributed by atoms with Crippen molar-refractivity contribution in [1.82, 2.24) is 19.9 Å². The Morgan fingerprint density at radius 2 is 1.85 bits per heavy atom. The third kappa shape index (κ3) is 3.23. The molecule has 2 amide bonds. The number of benzene rings is 2. The van der Waals surface area contributed by atoms with Crippen LogP contribution in [0.3, 0.4) is 0 Å². The zero-order chi connectivity index (χ0) is 23.4. The summed E-state index contributed by atoms with van der Waals surface area (Å²) in [5.41, 5.74) is 6.94. The average Bonchev–Trinajstić information content (AvgIpc) is 3.33. The van der Waals surface area contributed by atoms with Crippen LogP contribution in [0, 0.1) is 23.3 Å². The number of amides is 2. The molecule has 0 saturated carbocycles. The molecule has 5 rings (SSSR count). The van der Waals surface area contributed by atoms with E-state index in [4.69, 9.17) is 5.73 Å². The van der Waals surface area contributed by atoms with Gasteiger partial charge in [0.15, 0.2) is 11.6 Å². The van der Waals surface area contributed by atoms with E-state index in [0.29, 0.717) is 22.7 Å². The number of likely N-dealkylation sites (N-methyl/N-ethyl adjacent to an activating group) is 1. The van der Waals surface area contributed by atoms with Crippen LogP contribution in [0.15, 0.2) is 42.9 Å². The average molecular weight is 456 g/mol. The molecule has 3 heterocycles. The summed E-state index contributed by atoms with van der Waals surface area (Å²) in [6.45, 7) is -0.123. The van der Waals surface area contributed by atoms with Gasteiger partial charge in [-0.25, -0.2) is 32.3 Å². The van der Waals surface area contributed by atoms with Gasteiger partial charge in [0, 0.05) is 41.7 Å². The molecule has 33 heavy (non-hydrogen) atoms. The maximum atomic E-state index is 15.1. The van der Waals surface area contributed by atoms with E-state index in [1.54, 1.807) is 6.20 Å². The first-order valence-electron chi connectivity index (χ1n) is 9.82. The second kappa shape index (κ2) is 7.47. The highest BCUT2D eigenvalue weighted by Crippen LogP contribution is 2.37. The summed E-state index contributed by atoms with van der Waals surface area (Å²) in [7, 11) is 1.38. The highest BCUT2D eigenvalue weighted by molar-refractivity contribution is 6.01. The second-order valence-electron chi connectivity index (χ2n) is 7.66. The Bertz CT molecular complexity index is 1420. The van der Waals surface area contributed by atoms with Gasteiger partial charge >= 0.3 is 6.03 Å². The maximum absolute atomic E-state index is 15.1. The third-order valence-corrected chi connectivity index (χ3v) is 5.79. The molecule has 0 radical (unpaired) electrons. The number of aromatic amines is 1. The Morgan fingerprint density at radius 3 is 2.61 bits per heavy atom. The number of fused-ring (bicyclic) bond motifs is 1. The predicted octanol–water partition coefficient (Wildman–Crippen LogP) is 4.38. The number of anilines is 2. The number of carbonyl (C=O) groups excluding carboxylic acids is 1. The number of carbonyl (C=O) groups is 1. The van der Waals surface area contributed by atoms with Crippen molar-refractivity contribution in [1.29, 1.82) is 0 Å². The lowest BCUT2D eigenvalue weighted by atomic mass is 10.0. The first-order chi connectivity index (χ1) is 15.8. The zero-order valence-corrected chi connectivity index (χ0v) is 17.1. The molecular weight excluding hydrogens is 440 g/mol. The van der Waals surface area contributed by atoms with Crippen molar-refractivity contribution in [3.8, 4) is 11.1 Å². The van der Waals surface area contributed by atoms with E-state index in [-0.39, 0.29) is 29.2 Å². The van der Waals surface area contributed by atoms with Gasteiger partial charge in [0.05, 0.1) is 18.0 Å². The van der Waals surface area contributed by atoms with Crippen LogP contribution in [0.25, 0.3) is 22.2 Å². The Balaban J connectivity index is 1.50. The topological polar surface area (TPSA) is 91.1 Å². The van der Waals surface area contributed by atoms with E-state index in [9.17, 15) is 18.0 Å². The Morgan fingerprint density at radius 1 is 1.06 bits per heavy atom. The maximum Gasteiger partial charge on any atom is 0.324 e. The fourth-order valence-corrected chi connectivity index (χ4v) is 4.13. The molecule has 11 heteroatoms. The Hall–Kier alpha value is -4.15. The summed E-state index contributed by atoms with van der Waals surface area (Å²) in [6, 6.07) is 3.91. The van der Waals surface area contributed by atoms with Crippen LogP contribution in [0.1, 0.15) is 11.6 Å². The molecule has 4 aromatic rings. The fourth-order valence-electron chi connectivity index (χ4n) is 4.13. The van der Waals surface area contributed by atoms with E-state index >= 15 is 4.39 Å². The van der Waals surface area contributed by atoms with Gasteiger partial charge < -0.3 is 15.6 Å². The Labute approximate surface area is 184 Å². The second-order valence-corrected chi connectivity index (χ2v) is 7.66. The van der Waals surface area contributed by atoms with Gasteiger partial charge in [-0.3, -0.25) is 4.90 Å². The van der Waals surface area contributed by atoms with Gasteiger partial charge in [-0.2, -0.15) is 0 Å². The molecule has 1 unspecified atom stereocenters. The van der Waals surface area contributed by atoms with Crippen molar-refractivity contribution < 1.29 is 22.4 Å². The third-order valence-electron chi connectivity index (χ3n) is 5.79. The van der Waals surface area contributed by atoms with Crippen LogP contribution in [-0.2, 0) is 0 Å². The number of nitrogen functional groups attached to an aromatic ring is 1. The first-order valence-corrected chi connectivity index (χ1v) is 9.82. The largest absolute Gasteiger partial charge is 0.383 e. The van der Waals surface area contributed by atoms with E-state index < -0.39 is 35.3 Å². The van der Waals surface area contributed by atoms with Crippen molar-refractivity contribution in [3.63, 3.8) is 0 Å². The number of urea groups is 1. The lowest BCUT2D eigenvalue weighted by Gasteiger charge is -2.18. The highest BCUT2D eigenvalue weighted by atomic mass is 19.2. The van der Waals surface area contributed by atoms with Gasteiger partial charge in [0.25, 0.3) is 0 Å². The van der Waals surface area contributed by atoms with E-state index in [1.165, 1.54) is 30.4 Å². The first kappa shape index (κ1) is 20.7. The molecule has 0 bridgehead atoms. The molecule has 2 aromatic carbocycles. The summed E-state index contributed by atoms with van der Waals surface area (Å²) < 4.78 is 56.8. The zero-order valence-electron chi connectivity index (χ0n) is 17.1. The summed E-state index contributed by atoms with van der Waals surface area (Å²) in [5.74, 6) is -3.99. The number of halogens is 4. The molecule has 1 atom stereocenters. The van der Waals surface area contributed by atoms with Gasteiger partial charge in [-0.05, 0) is 24.3 Å². The van der Waals surface area contributed by atoms with Crippen LogP contribution < -0.4 is 10.6 Å². The SMILES string of the molecule is CN1C(=O)N(c2ccc(-c3c[nH]c4ncnc(N)c34)c(F)c2)CC1c1cc(F)cc(F)c1F. The van der Waals surface area contributed by atoms with Gasteiger partial charge in [-0.15, -0.1) is 0 Å². The van der Waals surface area contributed by atoms with E-state index in [2.05, 4.69) is 15.0 Å². The molecule has 2 aromatic heterocycles. The van der Waals surface area contributed by atoms with Crippen molar-refractivity contribution in [2.75, 3.05) is 24.2 Å². The minimum absolute atomic E-state index is 0.123. The van der Waals surface area contributed by atoms with E-state index in [1.807, 2.05) is 0 Å². The number of rotatable bonds is 3. The van der Waals surface area contributed by atoms with E-state index in [0.717, 1.165) is 17.0 Å². The molecule has 1 aliphatic rings. The minimum Gasteiger partial charge on any atom is -0.383 e. The number of hydrogen-bond donors (Lipinski definition) is 2. The summed E-state index contributed by atoms with van der Waals surface area (Å²) >= 11 is 0. The molecule has 7 nitrogen and oxygen atoms in total. The normalized spacial score (nSPS) is 16.3. The number of hydrogen-bond acceptors (Lipinski definition) is 4. The summed E-state index contributed by atoms with van der Waals surface area (Å²) in [6.07, 6.45) is 2.84. The van der Waals surface area contributed by atoms with Crippen LogP contribution >= 0.6 is 0 Å². The van der Waals surface area contributed by atoms with Crippen LogP contribution in [0.5, 0.6) is 0 Å². The molecule has 168 valence electrons. The molecule has 1 fully saturated rings. The minimum atomic E-state index is -1.35. The Kier molecular flexibility index (Phi) is 4.69. The number of nitrogens with zero attached hydrogens (tertiary/aromatic N) is 4. The smallest absolute Gasteiger partial charge is 0.324 e. The number of aromatic nitrogens is 3. The fraction of sp³-hybridized carbons (Fsp3) is 0.136. The molecule has 0 spiro atoms. The number of nitrogens with two attached hydrogens (primary N) is 1. The molecular formula is C22H16F4N6O. The lowest BCUT2D eigenvalue weighted by Crippen LogP contribution is -2.29. The molecule has 1 aliphatic heterocycles. The van der Waals surface area contributed by atoms with Crippen molar-refractivity contribution in [2.24, 2.45) is 0 Å². The number of H-pyrrole nitrogens is 1. The van der Waals surface area contributed by atoms with Gasteiger partial charge in [0.1, 0.15) is 29.4 Å². The van der Waals surface area contributed by atoms with Crippen LogP contribution in [0.2, 0.25) is 0 Å². The van der Waals surface area contributed by atoms with Gasteiger partial charge in [-0.1, -0.05) is 0 Å². The summed E-state index contributed by atoms with van der Waals surface area (Å²) in [5, 5.41) is 0.463. The van der Waals surface area contributed by atoms with Crippen LogP contribution in [-0.4, -0.2) is 39.5 Å². The van der Waals surface area contributed by atoms with Crippen molar-refractivity contribution in [3.05, 3.63) is 71.7 Å².